The van der Waals surface area contributed by atoms with Gasteiger partial charge in [0.1, 0.15) is 11.6 Å². The third kappa shape index (κ3) is 3.10. The van der Waals surface area contributed by atoms with Crippen molar-refractivity contribution >= 4 is 5.69 Å². The quantitative estimate of drug-likeness (QED) is 0.802. The Bertz CT molecular complexity index is 331. The number of hydrogen-bond donors (Lipinski definition) is 1. The van der Waals surface area contributed by atoms with E-state index >= 15 is 0 Å². The highest BCUT2D eigenvalue weighted by Crippen LogP contribution is 2.21. The Morgan fingerprint density at radius 3 is 2.75 bits per heavy atom. The van der Waals surface area contributed by atoms with Crippen molar-refractivity contribution < 1.29 is 13.9 Å². The lowest BCUT2D eigenvalue weighted by atomic mass is 10.0. The Balaban J connectivity index is 1.88. The van der Waals surface area contributed by atoms with Crippen LogP contribution in [-0.4, -0.2) is 19.8 Å². The fourth-order valence-electron chi connectivity index (χ4n) is 1.79. The van der Waals surface area contributed by atoms with Crippen molar-refractivity contribution in [3.8, 4) is 5.75 Å². The minimum Gasteiger partial charge on any atom is -0.493 e. The molecule has 0 saturated carbocycles. The molecule has 0 amide bonds. The van der Waals surface area contributed by atoms with Crippen LogP contribution in [0.15, 0.2) is 18.2 Å². The summed E-state index contributed by atoms with van der Waals surface area (Å²) in [5.41, 5.74) is 5.92. The summed E-state index contributed by atoms with van der Waals surface area (Å²) in [7, 11) is 0. The van der Waals surface area contributed by atoms with Crippen molar-refractivity contribution in [3.63, 3.8) is 0 Å². The summed E-state index contributed by atoms with van der Waals surface area (Å²) in [6.07, 6.45) is 2.01. The zero-order valence-corrected chi connectivity index (χ0v) is 9.12. The van der Waals surface area contributed by atoms with E-state index in [0.29, 0.717) is 24.0 Å². The molecule has 1 heterocycles. The molecule has 0 unspecified atom stereocenters. The van der Waals surface area contributed by atoms with Gasteiger partial charge in [0.25, 0.3) is 0 Å². The van der Waals surface area contributed by atoms with E-state index < -0.39 is 0 Å². The first kappa shape index (κ1) is 11.2. The summed E-state index contributed by atoms with van der Waals surface area (Å²) >= 11 is 0. The van der Waals surface area contributed by atoms with E-state index in [4.69, 9.17) is 15.2 Å². The lowest BCUT2D eigenvalue weighted by molar-refractivity contribution is 0.0497. The van der Waals surface area contributed by atoms with E-state index in [-0.39, 0.29) is 5.82 Å². The van der Waals surface area contributed by atoms with Crippen molar-refractivity contribution in [2.45, 2.75) is 12.8 Å². The highest BCUT2D eigenvalue weighted by atomic mass is 19.1. The Kier molecular flexibility index (Phi) is 3.62. The van der Waals surface area contributed by atoms with Crippen LogP contribution in [0, 0.1) is 11.7 Å². The molecule has 1 aliphatic rings. The van der Waals surface area contributed by atoms with Gasteiger partial charge in [0.2, 0.25) is 0 Å². The second-order valence-corrected chi connectivity index (χ2v) is 4.09. The molecule has 4 heteroatoms. The standard InChI is InChI=1S/C12H16FNO2/c13-10-5-11(14)7-12(6-10)16-8-9-1-3-15-4-2-9/h5-7,9H,1-4,8,14H2. The third-order valence-electron chi connectivity index (χ3n) is 2.72. The Labute approximate surface area is 94.3 Å². The Morgan fingerprint density at radius 1 is 1.31 bits per heavy atom. The predicted molar refractivity (Wildman–Crippen MR) is 59.9 cm³/mol. The zero-order chi connectivity index (χ0) is 11.4. The van der Waals surface area contributed by atoms with Crippen LogP contribution in [0.4, 0.5) is 10.1 Å². The molecule has 0 aliphatic carbocycles. The van der Waals surface area contributed by atoms with Gasteiger partial charge in [-0.15, -0.1) is 0 Å². The van der Waals surface area contributed by atoms with E-state index in [1.165, 1.54) is 12.1 Å². The fraction of sp³-hybridized carbons (Fsp3) is 0.500. The average Bonchev–Trinajstić information content (AvgIpc) is 2.27. The summed E-state index contributed by atoms with van der Waals surface area (Å²) in [5, 5.41) is 0. The molecular formula is C12H16FNO2. The van der Waals surface area contributed by atoms with Crippen molar-refractivity contribution in [3.05, 3.63) is 24.0 Å². The van der Waals surface area contributed by atoms with E-state index in [9.17, 15) is 4.39 Å². The molecule has 0 aromatic heterocycles. The van der Waals surface area contributed by atoms with Crippen LogP contribution in [0.5, 0.6) is 5.75 Å². The maximum Gasteiger partial charge on any atom is 0.128 e. The first-order chi connectivity index (χ1) is 7.74. The number of halogens is 1. The molecule has 16 heavy (non-hydrogen) atoms. The minimum absolute atomic E-state index is 0.359. The minimum atomic E-state index is -0.359. The van der Waals surface area contributed by atoms with Crippen molar-refractivity contribution in [1.29, 1.82) is 0 Å². The van der Waals surface area contributed by atoms with Crippen LogP contribution >= 0.6 is 0 Å². The lowest BCUT2D eigenvalue weighted by Gasteiger charge is -2.22. The van der Waals surface area contributed by atoms with Crippen LogP contribution < -0.4 is 10.5 Å². The molecule has 0 radical (unpaired) electrons. The highest BCUT2D eigenvalue weighted by molar-refractivity contribution is 5.44. The molecule has 2 rings (SSSR count). The first-order valence-corrected chi connectivity index (χ1v) is 5.50. The smallest absolute Gasteiger partial charge is 0.128 e. The van der Waals surface area contributed by atoms with Gasteiger partial charge < -0.3 is 15.2 Å². The van der Waals surface area contributed by atoms with E-state index in [2.05, 4.69) is 0 Å². The lowest BCUT2D eigenvalue weighted by Crippen LogP contribution is -2.21. The third-order valence-corrected chi connectivity index (χ3v) is 2.72. The van der Waals surface area contributed by atoms with Crippen LogP contribution in [0.2, 0.25) is 0 Å². The Hall–Kier alpha value is -1.29. The largest absolute Gasteiger partial charge is 0.493 e. The number of benzene rings is 1. The van der Waals surface area contributed by atoms with Gasteiger partial charge in [-0.1, -0.05) is 0 Å². The van der Waals surface area contributed by atoms with Gasteiger partial charge in [0.05, 0.1) is 6.61 Å². The summed E-state index contributed by atoms with van der Waals surface area (Å²) in [4.78, 5) is 0. The van der Waals surface area contributed by atoms with Gasteiger partial charge >= 0.3 is 0 Å². The molecule has 1 saturated heterocycles. The zero-order valence-electron chi connectivity index (χ0n) is 9.12. The van der Waals surface area contributed by atoms with Crippen molar-refractivity contribution in [2.75, 3.05) is 25.6 Å². The van der Waals surface area contributed by atoms with Crippen molar-refractivity contribution in [2.24, 2.45) is 5.92 Å². The summed E-state index contributed by atoms with van der Waals surface area (Å²) in [6, 6.07) is 4.28. The van der Waals surface area contributed by atoms with E-state index in [0.717, 1.165) is 26.1 Å². The summed E-state index contributed by atoms with van der Waals surface area (Å²) in [6.45, 7) is 2.19. The molecule has 3 nitrogen and oxygen atoms in total. The molecule has 0 atom stereocenters. The van der Waals surface area contributed by atoms with Gasteiger partial charge in [-0.05, 0) is 24.8 Å². The average molecular weight is 225 g/mol. The molecule has 0 spiro atoms. The van der Waals surface area contributed by atoms with E-state index in [1.807, 2.05) is 0 Å². The molecule has 1 aromatic carbocycles. The SMILES string of the molecule is Nc1cc(F)cc(OCC2CCOCC2)c1. The molecular weight excluding hydrogens is 209 g/mol. The highest BCUT2D eigenvalue weighted by Gasteiger charge is 2.14. The monoisotopic (exact) mass is 225 g/mol. The first-order valence-electron chi connectivity index (χ1n) is 5.50. The van der Waals surface area contributed by atoms with Crippen molar-refractivity contribution in [1.82, 2.24) is 0 Å². The number of hydrogen-bond acceptors (Lipinski definition) is 3. The second kappa shape index (κ2) is 5.16. The summed E-state index contributed by atoms with van der Waals surface area (Å²) in [5.74, 6) is 0.643. The van der Waals surface area contributed by atoms with Gasteiger partial charge in [-0.3, -0.25) is 0 Å². The van der Waals surface area contributed by atoms with Gasteiger partial charge in [0, 0.05) is 31.0 Å². The molecule has 88 valence electrons. The van der Waals surface area contributed by atoms with Crippen LogP contribution in [0.25, 0.3) is 0 Å². The normalized spacial score (nSPS) is 17.3. The Morgan fingerprint density at radius 2 is 2.06 bits per heavy atom. The van der Waals surface area contributed by atoms with Gasteiger partial charge in [0.15, 0.2) is 0 Å². The molecule has 1 fully saturated rings. The van der Waals surface area contributed by atoms with Crippen LogP contribution in [-0.2, 0) is 4.74 Å². The topological polar surface area (TPSA) is 44.5 Å². The van der Waals surface area contributed by atoms with Crippen LogP contribution in [0.1, 0.15) is 12.8 Å². The number of nitrogens with two attached hydrogens (primary N) is 1. The molecule has 1 aliphatic heterocycles. The van der Waals surface area contributed by atoms with Crippen LogP contribution in [0.3, 0.4) is 0 Å². The predicted octanol–water partition coefficient (Wildman–Crippen LogP) is 2.21. The fourth-order valence-corrected chi connectivity index (χ4v) is 1.79. The maximum atomic E-state index is 13.0. The number of anilines is 1. The molecule has 0 bridgehead atoms. The number of rotatable bonds is 3. The van der Waals surface area contributed by atoms with Gasteiger partial charge in [-0.25, -0.2) is 4.39 Å². The summed E-state index contributed by atoms with van der Waals surface area (Å²) < 4.78 is 23.8. The number of ether oxygens (including phenoxy) is 2. The molecule has 2 N–H and O–H groups in total. The van der Waals surface area contributed by atoms with Gasteiger partial charge in [-0.2, -0.15) is 0 Å². The molecule has 1 aromatic rings. The maximum absolute atomic E-state index is 13.0. The number of nitrogen functional groups attached to an aromatic ring is 1. The second-order valence-electron chi connectivity index (χ2n) is 4.09. The van der Waals surface area contributed by atoms with E-state index in [1.54, 1.807) is 6.07 Å².